The summed E-state index contributed by atoms with van der Waals surface area (Å²) in [6.45, 7) is 2.14. The van der Waals surface area contributed by atoms with Gasteiger partial charge in [0, 0.05) is 7.05 Å². The van der Waals surface area contributed by atoms with Crippen molar-refractivity contribution >= 4 is 5.97 Å². The predicted molar refractivity (Wildman–Crippen MR) is 72.2 cm³/mol. The largest absolute Gasteiger partial charge is 0.497 e. The number of hydrogen-bond donors (Lipinski definition) is 1. The van der Waals surface area contributed by atoms with Gasteiger partial charge in [-0.3, -0.25) is 4.68 Å². The van der Waals surface area contributed by atoms with E-state index in [4.69, 9.17) is 9.47 Å². The topological polar surface area (TPSA) is 73.6 Å². The Labute approximate surface area is 116 Å². The van der Waals surface area contributed by atoms with Crippen LogP contribution in [0.4, 0.5) is 0 Å². The van der Waals surface area contributed by atoms with Gasteiger partial charge in [-0.15, -0.1) is 0 Å². The van der Waals surface area contributed by atoms with Gasteiger partial charge in [0.2, 0.25) is 0 Å². The van der Waals surface area contributed by atoms with E-state index in [0.29, 0.717) is 11.5 Å². The number of carboxylic acid groups (broad SMARTS) is 1. The van der Waals surface area contributed by atoms with Crippen LogP contribution in [-0.2, 0) is 13.7 Å². The lowest BCUT2D eigenvalue weighted by molar-refractivity contribution is 0.0691. The molecule has 0 aliphatic rings. The number of carboxylic acids is 1. The molecule has 1 N–H and O–H groups in total. The number of aromatic carboxylic acids is 1. The molecule has 2 rings (SSSR count). The van der Waals surface area contributed by atoms with E-state index in [-0.39, 0.29) is 12.2 Å². The first kappa shape index (κ1) is 13.9. The Morgan fingerprint density at radius 3 is 2.70 bits per heavy atom. The van der Waals surface area contributed by atoms with Crippen molar-refractivity contribution in [3.05, 3.63) is 41.2 Å². The summed E-state index contributed by atoms with van der Waals surface area (Å²) in [6.07, 6.45) is 0. The first-order valence-corrected chi connectivity index (χ1v) is 6.05. The number of rotatable bonds is 5. The maximum Gasteiger partial charge on any atom is 0.339 e. The van der Waals surface area contributed by atoms with E-state index >= 15 is 0 Å². The molecule has 1 aromatic heterocycles. The standard InChI is InChI=1S/C14H16N2O4/c1-9-6-10(16(2)15-9)8-20-13-5-4-11(19-3)7-12(13)14(17)18/h4-7H,8H2,1-3H3,(H,17,18). The molecule has 0 aliphatic carbocycles. The third-order valence-electron chi connectivity index (χ3n) is 2.89. The van der Waals surface area contributed by atoms with Gasteiger partial charge in [-0.1, -0.05) is 0 Å². The zero-order chi connectivity index (χ0) is 14.7. The maximum absolute atomic E-state index is 11.2. The van der Waals surface area contributed by atoms with Crippen molar-refractivity contribution in [2.24, 2.45) is 7.05 Å². The summed E-state index contributed by atoms with van der Waals surface area (Å²) in [5, 5.41) is 13.4. The summed E-state index contributed by atoms with van der Waals surface area (Å²) in [5.74, 6) is -0.275. The van der Waals surface area contributed by atoms with Crippen LogP contribution in [0.2, 0.25) is 0 Å². The molecule has 6 nitrogen and oxygen atoms in total. The van der Waals surface area contributed by atoms with E-state index in [1.807, 2.05) is 20.0 Å². The van der Waals surface area contributed by atoms with Crippen LogP contribution in [0.3, 0.4) is 0 Å². The Bertz CT molecular complexity index is 634. The molecule has 0 radical (unpaired) electrons. The van der Waals surface area contributed by atoms with Crippen molar-refractivity contribution in [2.75, 3.05) is 7.11 Å². The number of methoxy groups -OCH3 is 1. The lowest BCUT2D eigenvalue weighted by atomic mass is 10.2. The van der Waals surface area contributed by atoms with Crippen LogP contribution in [0.5, 0.6) is 11.5 Å². The van der Waals surface area contributed by atoms with Crippen molar-refractivity contribution in [3.63, 3.8) is 0 Å². The predicted octanol–water partition coefficient (Wildman–Crippen LogP) is 2.01. The minimum absolute atomic E-state index is 0.0724. The maximum atomic E-state index is 11.2. The van der Waals surface area contributed by atoms with E-state index in [9.17, 15) is 9.90 Å². The van der Waals surface area contributed by atoms with E-state index in [1.165, 1.54) is 13.2 Å². The summed E-state index contributed by atoms with van der Waals surface area (Å²) in [7, 11) is 3.30. The fourth-order valence-electron chi connectivity index (χ4n) is 1.88. The Kier molecular flexibility index (Phi) is 3.93. The van der Waals surface area contributed by atoms with Crippen LogP contribution in [0.25, 0.3) is 0 Å². The Hall–Kier alpha value is -2.50. The van der Waals surface area contributed by atoms with Gasteiger partial charge in [0.1, 0.15) is 23.7 Å². The number of aromatic nitrogens is 2. The fraction of sp³-hybridized carbons (Fsp3) is 0.286. The number of carbonyl (C=O) groups is 1. The highest BCUT2D eigenvalue weighted by molar-refractivity contribution is 5.91. The summed E-state index contributed by atoms with van der Waals surface area (Å²) in [4.78, 5) is 11.2. The van der Waals surface area contributed by atoms with Gasteiger partial charge < -0.3 is 14.6 Å². The molecule has 0 spiro atoms. The summed E-state index contributed by atoms with van der Waals surface area (Å²) in [5.41, 5.74) is 1.83. The van der Waals surface area contributed by atoms with Crippen LogP contribution in [0, 0.1) is 6.92 Å². The normalized spacial score (nSPS) is 10.3. The minimum atomic E-state index is -1.06. The lowest BCUT2D eigenvalue weighted by Gasteiger charge is -2.10. The molecular weight excluding hydrogens is 260 g/mol. The number of ether oxygens (including phenoxy) is 2. The number of nitrogens with zero attached hydrogens (tertiary/aromatic N) is 2. The highest BCUT2D eigenvalue weighted by Crippen LogP contribution is 2.25. The first-order valence-electron chi connectivity index (χ1n) is 6.05. The molecule has 1 heterocycles. The number of hydrogen-bond acceptors (Lipinski definition) is 4. The molecule has 0 unspecified atom stereocenters. The van der Waals surface area contributed by atoms with Crippen LogP contribution >= 0.6 is 0 Å². The van der Waals surface area contributed by atoms with E-state index < -0.39 is 5.97 Å². The summed E-state index contributed by atoms with van der Waals surface area (Å²) < 4.78 is 12.3. The molecule has 0 saturated carbocycles. The van der Waals surface area contributed by atoms with Crippen LogP contribution < -0.4 is 9.47 Å². The quantitative estimate of drug-likeness (QED) is 0.904. The van der Waals surface area contributed by atoms with Gasteiger partial charge in [0.05, 0.1) is 18.5 Å². The second-order valence-corrected chi connectivity index (χ2v) is 4.36. The van der Waals surface area contributed by atoms with Crippen molar-refractivity contribution in [1.29, 1.82) is 0 Å². The molecule has 2 aromatic rings. The smallest absolute Gasteiger partial charge is 0.339 e. The zero-order valence-electron chi connectivity index (χ0n) is 11.6. The van der Waals surface area contributed by atoms with Gasteiger partial charge in [0.25, 0.3) is 0 Å². The Balaban J connectivity index is 2.20. The molecule has 0 amide bonds. The SMILES string of the molecule is COc1ccc(OCc2cc(C)nn2C)c(C(=O)O)c1. The average Bonchev–Trinajstić information content (AvgIpc) is 2.74. The minimum Gasteiger partial charge on any atom is -0.497 e. The molecule has 106 valence electrons. The third kappa shape index (κ3) is 2.90. The molecule has 0 fully saturated rings. The molecule has 0 saturated heterocycles. The number of benzene rings is 1. The van der Waals surface area contributed by atoms with E-state index in [1.54, 1.807) is 16.8 Å². The average molecular weight is 276 g/mol. The van der Waals surface area contributed by atoms with Crippen molar-refractivity contribution in [3.8, 4) is 11.5 Å². The molecule has 0 aliphatic heterocycles. The fourth-order valence-corrected chi connectivity index (χ4v) is 1.88. The lowest BCUT2D eigenvalue weighted by Crippen LogP contribution is -2.06. The highest BCUT2D eigenvalue weighted by atomic mass is 16.5. The van der Waals surface area contributed by atoms with Crippen LogP contribution in [-0.4, -0.2) is 28.0 Å². The zero-order valence-corrected chi connectivity index (χ0v) is 11.6. The second-order valence-electron chi connectivity index (χ2n) is 4.36. The van der Waals surface area contributed by atoms with Crippen molar-refractivity contribution in [2.45, 2.75) is 13.5 Å². The molecular formula is C14H16N2O4. The van der Waals surface area contributed by atoms with E-state index in [2.05, 4.69) is 5.10 Å². The van der Waals surface area contributed by atoms with Crippen molar-refractivity contribution < 1.29 is 19.4 Å². The van der Waals surface area contributed by atoms with Gasteiger partial charge in [-0.25, -0.2) is 4.79 Å². The number of aryl methyl sites for hydroxylation is 2. The van der Waals surface area contributed by atoms with E-state index in [0.717, 1.165) is 11.4 Å². The van der Waals surface area contributed by atoms with Gasteiger partial charge in [0.15, 0.2) is 0 Å². The third-order valence-corrected chi connectivity index (χ3v) is 2.89. The molecule has 20 heavy (non-hydrogen) atoms. The van der Waals surface area contributed by atoms with Gasteiger partial charge in [-0.2, -0.15) is 5.10 Å². The highest BCUT2D eigenvalue weighted by Gasteiger charge is 2.13. The summed E-state index contributed by atoms with van der Waals surface area (Å²) >= 11 is 0. The van der Waals surface area contributed by atoms with Gasteiger partial charge >= 0.3 is 5.97 Å². The molecule has 0 atom stereocenters. The van der Waals surface area contributed by atoms with Crippen molar-refractivity contribution in [1.82, 2.24) is 9.78 Å². The molecule has 0 bridgehead atoms. The Morgan fingerprint density at radius 2 is 2.15 bits per heavy atom. The Morgan fingerprint density at radius 1 is 1.40 bits per heavy atom. The van der Waals surface area contributed by atoms with Gasteiger partial charge in [-0.05, 0) is 31.2 Å². The molecule has 1 aromatic carbocycles. The molecule has 6 heteroatoms. The van der Waals surface area contributed by atoms with Crippen LogP contribution in [0.1, 0.15) is 21.7 Å². The van der Waals surface area contributed by atoms with Crippen LogP contribution in [0.15, 0.2) is 24.3 Å². The monoisotopic (exact) mass is 276 g/mol. The second kappa shape index (κ2) is 5.64. The summed E-state index contributed by atoms with van der Waals surface area (Å²) in [6, 6.07) is 6.58. The first-order chi connectivity index (χ1) is 9.51.